The van der Waals surface area contributed by atoms with Crippen LogP contribution in [-0.2, 0) is 11.3 Å². The van der Waals surface area contributed by atoms with Crippen LogP contribution in [0.3, 0.4) is 0 Å². The van der Waals surface area contributed by atoms with Crippen LogP contribution in [0.1, 0.15) is 23.6 Å². The molecule has 1 fully saturated rings. The Balaban J connectivity index is 1.86. The SMILES string of the molecule is CCOc1c(Br)cc(/C=C2/SC(=O)N(Cc3ccccc3C#N)C2=O)cc1Br. The fourth-order valence-corrected chi connectivity index (χ4v) is 4.96. The predicted molar refractivity (Wildman–Crippen MR) is 116 cm³/mol. The van der Waals surface area contributed by atoms with Crippen molar-refractivity contribution in [2.75, 3.05) is 6.61 Å². The second kappa shape index (κ2) is 8.95. The molecule has 0 spiro atoms. The zero-order chi connectivity index (χ0) is 20.3. The van der Waals surface area contributed by atoms with Gasteiger partial charge in [0.25, 0.3) is 11.1 Å². The third kappa shape index (κ3) is 4.32. The van der Waals surface area contributed by atoms with Crippen molar-refractivity contribution in [2.45, 2.75) is 13.5 Å². The second-order valence-corrected chi connectivity index (χ2v) is 8.49. The molecule has 3 rings (SSSR count). The van der Waals surface area contributed by atoms with E-state index in [0.717, 1.165) is 31.2 Å². The number of hydrogen-bond acceptors (Lipinski definition) is 5. The van der Waals surface area contributed by atoms with E-state index in [0.29, 0.717) is 28.4 Å². The summed E-state index contributed by atoms with van der Waals surface area (Å²) in [5, 5.41) is 8.86. The van der Waals surface area contributed by atoms with E-state index in [-0.39, 0.29) is 17.7 Å². The van der Waals surface area contributed by atoms with E-state index in [1.807, 2.05) is 19.1 Å². The van der Waals surface area contributed by atoms with Crippen LogP contribution in [0.15, 0.2) is 50.2 Å². The Morgan fingerprint density at radius 2 is 1.89 bits per heavy atom. The number of rotatable bonds is 5. The van der Waals surface area contributed by atoms with E-state index in [2.05, 4.69) is 37.9 Å². The number of hydrogen-bond donors (Lipinski definition) is 0. The quantitative estimate of drug-likeness (QED) is 0.470. The van der Waals surface area contributed by atoms with E-state index in [9.17, 15) is 14.9 Å². The van der Waals surface area contributed by atoms with Gasteiger partial charge >= 0.3 is 0 Å². The van der Waals surface area contributed by atoms with Crippen LogP contribution in [0, 0.1) is 11.3 Å². The molecular formula is C20H14Br2N2O3S. The van der Waals surface area contributed by atoms with Gasteiger partial charge in [-0.1, -0.05) is 18.2 Å². The Hall–Kier alpha value is -2.08. The van der Waals surface area contributed by atoms with Crippen LogP contribution in [0.25, 0.3) is 6.08 Å². The highest BCUT2D eigenvalue weighted by atomic mass is 79.9. The maximum atomic E-state index is 12.7. The van der Waals surface area contributed by atoms with E-state index < -0.39 is 0 Å². The highest BCUT2D eigenvalue weighted by Crippen LogP contribution is 2.38. The van der Waals surface area contributed by atoms with Crippen molar-refractivity contribution in [1.82, 2.24) is 4.90 Å². The summed E-state index contributed by atoms with van der Waals surface area (Å²) in [6, 6.07) is 12.7. The van der Waals surface area contributed by atoms with Gasteiger partial charge in [-0.15, -0.1) is 0 Å². The van der Waals surface area contributed by atoms with Gasteiger partial charge in [-0.3, -0.25) is 14.5 Å². The first-order valence-electron chi connectivity index (χ1n) is 8.29. The molecule has 0 aromatic heterocycles. The van der Waals surface area contributed by atoms with Crippen LogP contribution in [-0.4, -0.2) is 22.7 Å². The van der Waals surface area contributed by atoms with Crippen LogP contribution < -0.4 is 4.74 Å². The summed E-state index contributed by atoms with van der Waals surface area (Å²) in [6.45, 7) is 2.50. The fraction of sp³-hybridized carbons (Fsp3) is 0.150. The lowest BCUT2D eigenvalue weighted by molar-refractivity contribution is -0.123. The number of imide groups is 1. The molecule has 0 unspecified atom stereocenters. The molecule has 0 aliphatic carbocycles. The molecule has 0 saturated carbocycles. The minimum absolute atomic E-state index is 0.0718. The van der Waals surface area contributed by atoms with Crippen molar-refractivity contribution >= 4 is 60.8 Å². The maximum absolute atomic E-state index is 12.7. The molecule has 0 radical (unpaired) electrons. The molecule has 1 aliphatic heterocycles. The van der Waals surface area contributed by atoms with Gasteiger partial charge in [-0.25, -0.2) is 0 Å². The number of carbonyl (C=O) groups is 2. The normalized spacial score (nSPS) is 15.2. The van der Waals surface area contributed by atoms with E-state index in [4.69, 9.17) is 4.74 Å². The van der Waals surface area contributed by atoms with Crippen LogP contribution in [0.2, 0.25) is 0 Å². The van der Waals surface area contributed by atoms with Crippen molar-refractivity contribution in [2.24, 2.45) is 0 Å². The molecule has 1 saturated heterocycles. The third-order valence-electron chi connectivity index (χ3n) is 3.95. The number of nitrogens with zero attached hydrogens (tertiary/aromatic N) is 2. The fourth-order valence-electron chi connectivity index (χ4n) is 2.67. The summed E-state index contributed by atoms with van der Waals surface area (Å²) in [5.41, 5.74) is 1.84. The first kappa shape index (κ1) is 20.6. The monoisotopic (exact) mass is 520 g/mol. The molecule has 0 N–H and O–H groups in total. The lowest BCUT2D eigenvalue weighted by atomic mass is 10.1. The van der Waals surface area contributed by atoms with Gasteiger partial charge in [0.2, 0.25) is 0 Å². The molecule has 8 heteroatoms. The molecule has 2 aromatic rings. The third-order valence-corrected chi connectivity index (χ3v) is 6.03. The highest BCUT2D eigenvalue weighted by Gasteiger charge is 2.35. The molecular weight excluding hydrogens is 508 g/mol. The number of thioether (sulfide) groups is 1. The maximum Gasteiger partial charge on any atom is 0.293 e. The van der Waals surface area contributed by atoms with Gasteiger partial charge in [0, 0.05) is 0 Å². The number of benzene rings is 2. The van der Waals surface area contributed by atoms with E-state index >= 15 is 0 Å². The summed E-state index contributed by atoms with van der Waals surface area (Å²) < 4.78 is 7.06. The number of amides is 2. The Labute approximate surface area is 183 Å². The van der Waals surface area contributed by atoms with Gasteiger partial charge in [-0.05, 0) is 85.9 Å². The zero-order valence-electron chi connectivity index (χ0n) is 14.7. The predicted octanol–water partition coefficient (Wildman–Crippen LogP) is 5.72. The summed E-state index contributed by atoms with van der Waals surface area (Å²) in [4.78, 5) is 26.6. The van der Waals surface area contributed by atoms with Crippen molar-refractivity contribution in [3.8, 4) is 11.8 Å². The molecule has 0 bridgehead atoms. The molecule has 2 amide bonds. The summed E-state index contributed by atoms with van der Waals surface area (Å²) in [7, 11) is 0. The molecule has 142 valence electrons. The lowest BCUT2D eigenvalue weighted by Crippen LogP contribution is -2.27. The van der Waals surface area contributed by atoms with Gasteiger partial charge in [-0.2, -0.15) is 5.26 Å². The first-order chi connectivity index (χ1) is 13.4. The van der Waals surface area contributed by atoms with Crippen molar-refractivity contribution in [3.63, 3.8) is 0 Å². The van der Waals surface area contributed by atoms with Crippen molar-refractivity contribution in [3.05, 3.63) is 66.9 Å². The van der Waals surface area contributed by atoms with Gasteiger partial charge in [0.15, 0.2) is 0 Å². The summed E-state index contributed by atoms with van der Waals surface area (Å²) in [5.74, 6) is 0.310. The molecule has 2 aromatic carbocycles. The van der Waals surface area contributed by atoms with Crippen molar-refractivity contribution in [1.29, 1.82) is 5.26 Å². The number of nitriles is 1. The minimum Gasteiger partial charge on any atom is -0.492 e. The smallest absolute Gasteiger partial charge is 0.293 e. The van der Waals surface area contributed by atoms with Gasteiger partial charge in [0.1, 0.15) is 5.75 Å². The second-order valence-electron chi connectivity index (χ2n) is 5.78. The molecule has 1 aliphatic rings. The lowest BCUT2D eigenvalue weighted by Gasteiger charge is -2.13. The van der Waals surface area contributed by atoms with Crippen LogP contribution in [0.5, 0.6) is 5.75 Å². The highest BCUT2D eigenvalue weighted by molar-refractivity contribution is 9.11. The Morgan fingerprint density at radius 3 is 2.54 bits per heavy atom. The first-order valence-corrected chi connectivity index (χ1v) is 10.7. The van der Waals surface area contributed by atoms with E-state index in [1.54, 1.807) is 30.3 Å². The minimum atomic E-state index is -0.371. The average molecular weight is 522 g/mol. The summed E-state index contributed by atoms with van der Waals surface area (Å²) in [6.07, 6.45) is 1.67. The van der Waals surface area contributed by atoms with Crippen molar-refractivity contribution < 1.29 is 14.3 Å². The number of ether oxygens (including phenoxy) is 1. The van der Waals surface area contributed by atoms with Crippen LogP contribution in [0.4, 0.5) is 4.79 Å². The van der Waals surface area contributed by atoms with Gasteiger partial charge in [0.05, 0.1) is 38.6 Å². The number of halogens is 2. The Morgan fingerprint density at radius 1 is 1.21 bits per heavy atom. The summed E-state index contributed by atoms with van der Waals surface area (Å²) >= 11 is 7.82. The standard InChI is InChI=1S/C20H14Br2N2O3S/c1-2-27-18-15(21)7-12(8-16(18)22)9-17-19(25)24(20(26)28-17)11-14-6-4-3-5-13(14)10-23/h3-9H,2,11H2,1H3/b17-9+. The largest absolute Gasteiger partial charge is 0.492 e. The molecule has 28 heavy (non-hydrogen) atoms. The average Bonchev–Trinajstić information content (AvgIpc) is 2.92. The van der Waals surface area contributed by atoms with E-state index in [1.165, 1.54) is 0 Å². The Kier molecular flexibility index (Phi) is 6.60. The topological polar surface area (TPSA) is 70.4 Å². The molecule has 5 nitrogen and oxygen atoms in total. The zero-order valence-corrected chi connectivity index (χ0v) is 18.7. The van der Waals surface area contributed by atoms with Crippen LogP contribution >= 0.6 is 43.6 Å². The van der Waals surface area contributed by atoms with Gasteiger partial charge < -0.3 is 4.74 Å². The Bertz CT molecular complexity index is 1010. The molecule has 1 heterocycles. The molecule has 0 atom stereocenters. The number of carbonyl (C=O) groups excluding carboxylic acids is 2.